The average Bonchev–Trinajstić information content (AvgIpc) is 2.94. The van der Waals surface area contributed by atoms with Gasteiger partial charge in [-0.1, -0.05) is 0 Å². The number of carboxylic acid groups (broad SMARTS) is 1. The lowest BCUT2D eigenvalue weighted by atomic mass is 10.2. The van der Waals surface area contributed by atoms with E-state index >= 15 is 0 Å². The van der Waals surface area contributed by atoms with E-state index in [9.17, 15) is 14.9 Å². The van der Waals surface area contributed by atoms with Crippen LogP contribution >= 0.6 is 0 Å². The molecule has 1 aromatic heterocycles. The van der Waals surface area contributed by atoms with Crippen molar-refractivity contribution in [2.75, 3.05) is 0 Å². The molecule has 0 amide bonds. The Morgan fingerprint density at radius 3 is 2.76 bits per heavy atom. The van der Waals surface area contributed by atoms with E-state index in [0.717, 1.165) is 6.07 Å². The molecular formula is C13H8N2O6. The van der Waals surface area contributed by atoms with Crippen LogP contribution in [0, 0.1) is 21.4 Å². The highest BCUT2D eigenvalue weighted by Crippen LogP contribution is 2.28. The van der Waals surface area contributed by atoms with Crippen LogP contribution in [-0.4, -0.2) is 16.0 Å². The Bertz CT molecular complexity index is 743. The van der Waals surface area contributed by atoms with Gasteiger partial charge in [0, 0.05) is 6.07 Å². The van der Waals surface area contributed by atoms with Crippen LogP contribution in [0.4, 0.5) is 5.69 Å². The van der Waals surface area contributed by atoms with E-state index in [-0.39, 0.29) is 35.1 Å². The first-order valence-electron chi connectivity index (χ1n) is 5.64. The van der Waals surface area contributed by atoms with Gasteiger partial charge >= 0.3 is 11.7 Å². The molecule has 0 saturated carbocycles. The number of nitro groups is 1. The lowest BCUT2D eigenvalue weighted by molar-refractivity contribution is -0.386. The molecule has 2 rings (SSSR count). The van der Waals surface area contributed by atoms with Gasteiger partial charge in [-0.05, 0) is 24.3 Å². The highest BCUT2D eigenvalue weighted by Gasteiger charge is 2.17. The molecule has 0 aliphatic heterocycles. The molecule has 8 nitrogen and oxygen atoms in total. The number of ether oxygens (including phenoxy) is 1. The Balaban J connectivity index is 2.17. The van der Waals surface area contributed by atoms with Gasteiger partial charge in [-0.2, -0.15) is 5.26 Å². The second-order valence-electron chi connectivity index (χ2n) is 3.91. The van der Waals surface area contributed by atoms with Crippen LogP contribution in [-0.2, 0) is 6.61 Å². The van der Waals surface area contributed by atoms with E-state index in [4.69, 9.17) is 19.5 Å². The van der Waals surface area contributed by atoms with Crippen LogP contribution in [0.5, 0.6) is 5.75 Å². The van der Waals surface area contributed by atoms with E-state index in [2.05, 4.69) is 0 Å². The molecule has 106 valence electrons. The summed E-state index contributed by atoms with van der Waals surface area (Å²) in [6.45, 7) is -0.167. The fourth-order valence-electron chi connectivity index (χ4n) is 1.57. The lowest BCUT2D eigenvalue weighted by Gasteiger charge is -2.05. The molecule has 21 heavy (non-hydrogen) atoms. The Morgan fingerprint density at radius 1 is 1.43 bits per heavy atom. The van der Waals surface area contributed by atoms with Crippen LogP contribution in [0.15, 0.2) is 34.7 Å². The van der Waals surface area contributed by atoms with Crippen molar-refractivity contribution in [3.63, 3.8) is 0 Å². The summed E-state index contributed by atoms with van der Waals surface area (Å²) < 4.78 is 10.2. The number of carbonyl (C=O) groups is 1. The quantitative estimate of drug-likeness (QED) is 0.660. The first kappa shape index (κ1) is 14.1. The van der Waals surface area contributed by atoms with Crippen molar-refractivity contribution in [2.24, 2.45) is 0 Å². The lowest BCUT2D eigenvalue weighted by Crippen LogP contribution is -1.99. The highest BCUT2D eigenvalue weighted by molar-refractivity contribution is 5.84. The number of rotatable bonds is 5. The van der Waals surface area contributed by atoms with Crippen molar-refractivity contribution >= 4 is 11.7 Å². The van der Waals surface area contributed by atoms with E-state index in [0.29, 0.717) is 0 Å². The molecule has 8 heteroatoms. The fourth-order valence-corrected chi connectivity index (χ4v) is 1.57. The van der Waals surface area contributed by atoms with Gasteiger partial charge in [0.15, 0.2) is 5.75 Å². The minimum atomic E-state index is -1.22. The van der Waals surface area contributed by atoms with Crippen LogP contribution in [0.3, 0.4) is 0 Å². The summed E-state index contributed by atoms with van der Waals surface area (Å²) in [7, 11) is 0. The monoisotopic (exact) mass is 288 g/mol. The summed E-state index contributed by atoms with van der Waals surface area (Å²) in [5, 5.41) is 28.3. The molecule has 0 fully saturated rings. The van der Waals surface area contributed by atoms with Crippen LogP contribution in [0.25, 0.3) is 0 Å². The number of aromatic carboxylic acids is 1. The van der Waals surface area contributed by atoms with Crippen LogP contribution in [0.2, 0.25) is 0 Å². The predicted molar refractivity (Wildman–Crippen MR) is 67.8 cm³/mol. The number of hydrogen-bond donors (Lipinski definition) is 1. The first-order chi connectivity index (χ1) is 10.0. The van der Waals surface area contributed by atoms with Gasteiger partial charge in [-0.25, -0.2) is 4.79 Å². The minimum absolute atomic E-state index is 0.0349. The zero-order valence-corrected chi connectivity index (χ0v) is 10.5. The second-order valence-corrected chi connectivity index (χ2v) is 3.91. The number of nitro benzene ring substituents is 1. The first-order valence-corrected chi connectivity index (χ1v) is 5.64. The fraction of sp³-hybridized carbons (Fsp3) is 0.0769. The number of nitriles is 1. The summed E-state index contributed by atoms with van der Waals surface area (Å²) in [6.07, 6.45) is 0. The topological polar surface area (TPSA) is 127 Å². The molecule has 0 spiro atoms. The average molecular weight is 288 g/mol. The zero-order chi connectivity index (χ0) is 15.4. The number of hydrogen-bond acceptors (Lipinski definition) is 6. The second kappa shape index (κ2) is 5.75. The highest BCUT2D eigenvalue weighted by atomic mass is 16.6. The van der Waals surface area contributed by atoms with Crippen molar-refractivity contribution in [3.8, 4) is 11.8 Å². The summed E-state index contributed by atoms with van der Waals surface area (Å²) >= 11 is 0. The molecule has 0 aliphatic rings. The van der Waals surface area contributed by atoms with Gasteiger partial charge in [-0.15, -0.1) is 0 Å². The SMILES string of the molecule is N#Cc1ccc(OCc2ccc(C(=O)O)o2)c([N+](=O)[O-])c1. The molecule has 0 radical (unpaired) electrons. The third-order valence-electron chi connectivity index (χ3n) is 2.53. The van der Waals surface area contributed by atoms with Crippen molar-refractivity contribution < 1.29 is 24.0 Å². The van der Waals surface area contributed by atoms with Crippen molar-refractivity contribution in [3.05, 3.63) is 57.5 Å². The Hall–Kier alpha value is -3.34. The molecule has 1 N–H and O–H groups in total. The molecule has 0 atom stereocenters. The largest absolute Gasteiger partial charge is 0.479 e. The van der Waals surface area contributed by atoms with Gasteiger partial charge < -0.3 is 14.3 Å². The van der Waals surface area contributed by atoms with Crippen molar-refractivity contribution in [1.82, 2.24) is 0 Å². The molecule has 2 aromatic rings. The molecule has 0 aliphatic carbocycles. The summed E-state index contributed by atoms with van der Waals surface area (Å²) in [5.41, 5.74) is -0.209. The maximum atomic E-state index is 10.9. The number of furan rings is 1. The molecule has 0 saturated heterocycles. The van der Waals surface area contributed by atoms with E-state index < -0.39 is 10.9 Å². The zero-order valence-electron chi connectivity index (χ0n) is 10.5. The molecule has 1 heterocycles. The van der Waals surface area contributed by atoms with Gasteiger partial charge in [0.2, 0.25) is 5.76 Å². The third-order valence-corrected chi connectivity index (χ3v) is 2.53. The third kappa shape index (κ3) is 3.16. The maximum Gasteiger partial charge on any atom is 0.371 e. The standard InChI is InChI=1S/C13H8N2O6/c14-6-8-1-3-11(10(5-8)15(18)19)20-7-9-2-4-12(21-9)13(16)17/h1-5H,7H2,(H,16,17). The van der Waals surface area contributed by atoms with Gasteiger partial charge in [-0.3, -0.25) is 10.1 Å². The maximum absolute atomic E-state index is 10.9. The molecule has 0 bridgehead atoms. The van der Waals surface area contributed by atoms with E-state index in [1.54, 1.807) is 6.07 Å². The van der Waals surface area contributed by atoms with E-state index in [1.807, 2.05) is 0 Å². The normalized spacial score (nSPS) is 9.86. The minimum Gasteiger partial charge on any atom is -0.479 e. The summed E-state index contributed by atoms with van der Waals surface area (Å²) in [4.78, 5) is 20.9. The number of nitrogens with zero attached hydrogens (tertiary/aromatic N) is 2. The summed E-state index contributed by atoms with van der Waals surface area (Å²) in [5.74, 6) is -1.29. The molecule has 0 unspecified atom stereocenters. The van der Waals surface area contributed by atoms with Crippen molar-refractivity contribution in [2.45, 2.75) is 6.61 Å². The number of benzene rings is 1. The Labute approximate surface area is 117 Å². The van der Waals surface area contributed by atoms with Gasteiger partial charge in [0.05, 0.1) is 16.6 Å². The molecular weight excluding hydrogens is 280 g/mol. The Morgan fingerprint density at radius 2 is 2.19 bits per heavy atom. The Kier molecular flexibility index (Phi) is 3.85. The van der Waals surface area contributed by atoms with Gasteiger partial charge in [0.25, 0.3) is 0 Å². The summed E-state index contributed by atoms with van der Waals surface area (Å²) in [6, 6.07) is 8.24. The van der Waals surface area contributed by atoms with Crippen LogP contribution in [0.1, 0.15) is 21.9 Å². The predicted octanol–water partition coefficient (Wildman–Crippen LogP) is 2.34. The smallest absolute Gasteiger partial charge is 0.371 e. The van der Waals surface area contributed by atoms with Crippen LogP contribution < -0.4 is 4.74 Å². The molecule has 1 aromatic carbocycles. The number of carboxylic acids is 1. The van der Waals surface area contributed by atoms with Crippen molar-refractivity contribution in [1.29, 1.82) is 5.26 Å². The van der Waals surface area contributed by atoms with E-state index in [1.165, 1.54) is 24.3 Å². The van der Waals surface area contributed by atoms with Gasteiger partial charge in [0.1, 0.15) is 12.4 Å².